The minimum atomic E-state index is -0.541. The van der Waals surface area contributed by atoms with Crippen molar-refractivity contribution in [1.29, 1.82) is 0 Å². The molecule has 3 heteroatoms. The lowest BCUT2D eigenvalue weighted by Crippen LogP contribution is -2.44. The first-order valence-corrected chi connectivity index (χ1v) is 5.36. The second-order valence-corrected chi connectivity index (χ2v) is 4.35. The summed E-state index contributed by atoms with van der Waals surface area (Å²) in [7, 11) is 0. The third kappa shape index (κ3) is 1.87. The van der Waals surface area contributed by atoms with E-state index in [-0.39, 0.29) is 6.61 Å². The van der Waals surface area contributed by atoms with Crippen molar-refractivity contribution in [2.24, 2.45) is 0 Å². The highest BCUT2D eigenvalue weighted by atomic mass is 16.3. The molecule has 2 aliphatic rings. The van der Waals surface area contributed by atoms with Crippen molar-refractivity contribution in [3.8, 4) is 0 Å². The highest BCUT2D eigenvalue weighted by Crippen LogP contribution is 2.35. The molecule has 2 heterocycles. The van der Waals surface area contributed by atoms with Crippen LogP contribution in [-0.4, -0.2) is 46.5 Å². The van der Waals surface area contributed by atoms with Crippen molar-refractivity contribution >= 4 is 0 Å². The quantitative estimate of drug-likeness (QED) is 0.667. The molecule has 0 aromatic heterocycles. The second kappa shape index (κ2) is 3.95. The Balaban J connectivity index is 1.91. The maximum atomic E-state index is 9.38. The molecule has 0 aromatic carbocycles. The Hall–Kier alpha value is -0.120. The van der Waals surface area contributed by atoms with E-state index in [1.165, 1.54) is 32.1 Å². The van der Waals surface area contributed by atoms with Gasteiger partial charge in [-0.2, -0.15) is 0 Å². The number of piperidine rings is 1. The molecule has 3 unspecified atom stereocenters. The minimum Gasteiger partial charge on any atom is -0.394 e. The predicted molar refractivity (Wildman–Crippen MR) is 50.5 cm³/mol. The van der Waals surface area contributed by atoms with Crippen LogP contribution in [0, 0.1) is 0 Å². The summed E-state index contributed by atoms with van der Waals surface area (Å²) in [6.45, 7) is 0.571. The molecule has 0 saturated carbocycles. The van der Waals surface area contributed by atoms with Gasteiger partial charge in [0.15, 0.2) is 0 Å². The fraction of sp³-hybridized carbons (Fsp3) is 1.00. The van der Waals surface area contributed by atoms with Crippen LogP contribution in [0.1, 0.15) is 32.1 Å². The van der Waals surface area contributed by atoms with E-state index in [2.05, 4.69) is 4.90 Å². The van der Waals surface area contributed by atoms with Crippen molar-refractivity contribution in [3.05, 3.63) is 0 Å². The van der Waals surface area contributed by atoms with Crippen LogP contribution in [0.3, 0.4) is 0 Å². The van der Waals surface area contributed by atoms with E-state index in [0.717, 1.165) is 0 Å². The molecule has 0 radical (unpaired) electrons. The highest BCUT2D eigenvalue weighted by Gasteiger charge is 2.36. The third-order valence-corrected chi connectivity index (χ3v) is 3.48. The predicted octanol–water partition coefficient (Wildman–Crippen LogP) is 0.356. The number of aliphatic hydroxyl groups is 2. The van der Waals surface area contributed by atoms with Gasteiger partial charge < -0.3 is 10.2 Å². The lowest BCUT2D eigenvalue weighted by atomic mass is 10.0. The van der Waals surface area contributed by atoms with Crippen molar-refractivity contribution in [2.75, 3.05) is 13.2 Å². The summed E-state index contributed by atoms with van der Waals surface area (Å²) >= 11 is 0. The van der Waals surface area contributed by atoms with Gasteiger partial charge in [-0.1, -0.05) is 6.42 Å². The Morgan fingerprint density at radius 3 is 2.31 bits per heavy atom. The van der Waals surface area contributed by atoms with Crippen molar-refractivity contribution in [2.45, 2.75) is 50.3 Å². The molecule has 76 valence electrons. The molecule has 2 rings (SSSR count). The van der Waals surface area contributed by atoms with Gasteiger partial charge in [-0.15, -0.1) is 0 Å². The van der Waals surface area contributed by atoms with Crippen LogP contribution in [0.4, 0.5) is 0 Å². The van der Waals surface area contributed by atoms with Crippen LogP contribution in [0.2, 0.25) is 0 Å². The van der Waals surface area contributed by atoms with E-state index in [9.17, 15) is 5.11 Å². The van der Waals surface area contributed by atoms with Crippen molar-refractivity contribution < 1.29 is 10.2 Å². The Morgan fingerprint density at radius 1 is 1.15 bits per heavy atom. The molecule has 0 aliphatic carbocycles. The SMILES string of the molecule is OCC(O)CN1C2CCCC1CC2. The van der Waals surface area contributed by atoms with Gasteiger partial charge in [0, 0.05) is 18.6 Å². The standard InChI is InChI=1S/C10H19NO2/c12-7-10(13)6-11-8-2-1-3-9(11)5-4-8/h8-10,12-13H,1-7H2. The summed E-state index contributed by atoms with van der Waals surface area (Å²) in [4.78, 5) is 2.41. The molecule has 0 spiro atoms. The lowest BCUT2D eigenvalue weighted by Gasteiger charge is -2.35. The third-order valence-electron chi connectivity index (χ3n) is 3.48. The van der Waals surface area contributed by atoms with Gasteiger partial charge in [0.05, 0.1) is 12.7 Å². The van der Waals surface area contributed by atoms with Gasteiger partial charge >= 0.3 is 0 Å². The summed E-state index contributed by atoms with van der Waals surface area (Å²) in [5.74, 6) is 0. The summed E-state index contributed by atoms with van der Waals surface area (Å²) in [5, 5.41) is 18.2. The average Bonchev–Trinajstić information content (AvgIpc) is 2.41. The van der Waals surface area contributed by atoms with Crippen LogP contribution >= 0.6 is 0 Å². The van der Waals surface area contributed by atoms with E-state index < -0.39 is 6.10 Å². The first-order chi connectivity index (χ1) is 6.31. The Bertz CT molecular complexity index is 158. The molecule has 2 aliphatic heterocycles. The number of aliphatic hydroxyl groups excluding tert-OH is 2. The summed E-state index contributed by atoms with van der Waals surface area (Å²) < 4.78 is 0. The van der Waals surface area contributed by atoms with E-state index >= 15 is 0 Å². The molecule has 0 amide bonds. The maximum absolute atomic E-state index is 9.38. The highest BCUT2D eigenvalue weighted by molar-refractivity contribution is 4.92. The lowest BCUT2D eigenvalue weighted by molar-refractivity contribution is 0.0296. The molecular weight excluding hydrogens is 166 g/mol. The van der Waals surface area contributed by atoms with Crippen LogP contribution < -0.4 is 0 Å². The zero-order valence-electron chi connectivity index (χ0n) is 8.02. The number of fused-ring (bicyclic) bond motifs is 2. The molecular formula is C10H19NO2. The van der Waals surface area contributed by atoms with Crippen molar-refractivity contribution in [3.63, 3.8) is 0 Å². The zero-order valence-corrected chi connectivity index (χ0v) is 8.02. The summed E-state index contributed by atoms with van der Waals surface area (Å²) in [5.41, 5.74) is 0. The number of rotatable bonds is 3. The number of hydrogen-bond acceptors (Lipinski definition) is 3. The molecule has 2 saturated heterocycles. The van der Waals surface area contributed by atoms with Gasteiger partial charge in [-0.05, 0) is 25.7 Å². The van der Waals surface area contributed by atoms with Gasteiger partial charge in [-0.25, -0.2) is 0 Å². The molecule has 3 nitrogen and oxygen atoms in total. The normalized spacial score (nSPS) is 36.5. The molecule has 0 aromatic rings. The maximum Gasteiger partial charge on any atom is 0.0897 e. The monoisotopic (exact) mass is 185 g/mol. The molecule has 13 heavy (non-hydrogen) atoms. The fourth-order valence-electron chi connectivity index (χ4n) is 2.82. The Morgan fingerprint density at radius 2 is 1.77 bits per heavy atom. The van der Waals surface area contributed by atoms with E-state index in [4.69, 9.17) is 5.11 Å². The summed E-state index contributed by atoms with van der Waals surface area (Å²) in [6.07, 6.45) is 5.97. The van der Waals surface area contributed by atoms with Crippen LogP contribution in [0.15, 0.2) is 0 Å². The van der Waals surface area contributed by atoms with E-state index in [0.29, 0.717) is 18.6 Å². The minimum absolute atomic E-state index is 0.101. The van der Waals surface area contributed by atoms with Gasteiger partial charge in [0.25, 0.3) is 0 Å². The van der Waals surface area contributed by atoms with Crippen molar-refractivity contribution in [1.82, 2.24) is 4.90 Å². The molecule has 2 N–H and O–H groups in total. The van der Waals surface area contributed by atoms with Crippen LogP contribution in [0.25, 0.3) is 0 Å². The first kappa shape index (κ1) is 9.44. The van der Waals surface area contributed by atoms with Crippen LogP contribution in [0.5, 0.6) is 0 Å². The Kier molecular flexibility index (Phi) is 2.86. The fourth-order valence-corrected chi connectivity index (χ4v) is 2.82. The summed E-state index contributed by atoms with van der Waals surface area (Å²) in [6, 6.07) is 1.39. The molecule has 2 fully saturated rings. The smallest absolute Gasteiger partial charge is 0.0897 e. The molecule has 3 atom stereocenters. The largest absolute Gasteiger partial charge is 0.394 e. The van der Waals surface area contributed by atoms with Gasteiger partial charge in [0.1, 0.15) is 0 Å². The molecule has 2 bridgehead atoms. The second-order valence-electron chi connectivity index (χ2n) is 4.35. The Labute approximate surface area is 79.4 Å². The number of hydrogen-bond donors (Lipinski definition) is 2. The van der Waals surface area contributed by atoms with E-state index in [1.54, 1.807) is 0 Å². The van der Waals surface area contributed by atoms with Gasteiger partial charge in [-0.3, -0.25) is 4.90 Å². The first-order valence-electron chi connectivity index (χ1n) is 5.36. The average molecular weight is 185 g/mol. The zero-order chi connectivity index (χ0) is 9.26. The topological polar surface area (TPSA) is 43.7 Å². The van der Waals surface area contributed by atoms with Crippen LogP contribution in [-0.2, 0) is 0 Å². The van der Waals surface area contributed by atoms with E-state index in [1.807, 2.05) is 0 Å². The number of nitrogens with zero attached hydrogens (tertiary/aromatic N) is 1. The van der Waals surface area contributed by atoms with Gasteiger partial charge in [0.2, 0.25) is 0 Å².